The summed E-state index contributed by atoms with van der Waals surface area (Å²) in [5.41, 5.74) is 6.47. The van der Waals surface area contributed by atoms with Crippen LogP contribution in [-0.2, 0) is 7.05 Å². The van der Waals surface area contributed by atoms with E-state index in [-0.39, 0.29) is 5.78 Å². The maximum Gasteiger partial charge on any atom is 0.202 e. The predicted octanol–water partition coefficient (Wildman–Crippen LogP) is 1.90. The molecule has 2 rings (SSSR count). The number of nitrogens with two attached hydrogens (primary N) is 1. The minimum atomic E-state index is -0.264. The lowest BCUT2D eigenvalue weighted by molar-refractivity contribution is 0.103. The van der Waals surface area contributed by atoms with E-state index < -0.39 is 0 Å². The molecule has 0 amide bonds. The normalized spacial score (nSPS) is 10.4. The molecule has 0 saturated carbocycles. The molecule has 0 spiro atoms. The topological polar surface area (TPSA) is 70.1 Å². The Morgan fingerprint density at radius 2 is 2.17 bits per heavy atom. The van der Waals surface area contributed by atoms with Gasteiger partial charge >= 0.3 is 0 Å². The molecule has 0 aliphatic rings. The zero-order valence-corrected chi connectivity index (χ0v) is 10.7. The molecule has 0 fully saturated rings. The van der Waals surface area contributed by atoms with Crippen molar-refractivity contribution in [1.82, 2.24) is 9.78 Å². The van der Waals surface area contributed by atoms with Crippen LogP contribution in [0.25, 0.3) is 0 Å². The summed E-state index contributed by atoms with van der Waals surface area (Å²) in [4.78, 5) is 12.3. The van der Waals surface area contributed by atoms with Crippen LogP contribution in [0.3, 0.4) is 0 Å². The van der Waals surface area contributed by atoms with Gasteiger partial charge in [0.05, 0.1) is 24.4 Å². The van der Waals surface area contributed by atoms with E-state index in [0.717, 1.165) is 0 Å². The molecule has 2 N–H and O–H groups in total. The molecule has 0 atom stereocenters. The van der Waals surface area contributed by atoms with Crippen LogP contribution in [0.4, 0.5) is 5.82 Å². The number of anilines is 1. The fraction of sp³-hybridized carbons (Fsp3) is 0.167. The van der Waals surface area contributed by atoms with Gasteiger partial charge in [0.25, 0.3) is 0 Å². The molecule has 94 valence electrons. The number of benzene rings is 1. The molecule has 1 aromatic heterocycles. The Bertz CT molecular complexity index is 607. The summed E-state index contributed by atoms with van der Waals surface area (Å²) in [6.07, 6.45) is 1.43. The van der Waals surface area contributed by atoms with Gasteiger partial charge < -0.3 is 10.5 Å². The molecule has 0 aliphatic carbocycles. The van der Waals surface area contributed by atoms with Crippen molar-refractivity contribution in [2.24, 2.45) is 7.05 Å². The molecule has 5 nitrogen and oxygen atoms in total. The van der Waals surface area contributed by atoms with Crippen molar-refractivity contribution in [2.45, 2.75) is 0 Å². The summed E-state index contributed by atoms with van der Waals surface area (Å²) >= 11 is 5.89. The monoisotopic (exact) mass is 265 g/mol. The van der Waals surface area contributed by atoms with Crippen LogP contribution >= 0.6 is 11.6 Å². The number of methoxy groups -OCH3 is 1. The Morgan fingerprint density at radius 1 is 1.44 bits per heavy atom. The number of rotatable bonds is 3. The number of nitrogens with zero attached hydrogens (tertiary/aromatic N) is 2. The molecular weight excluding hydrogens is 254 g/mol. The van der Waals surface area contributed by atoms with Crippen LogP contribution in [0.5, 0.6) is 5.75 Å². The van der Waals surface area contributed by atoms with E-state index in [1.807, 2.05) is 0 Å². The summed E-state index contributed by atoms with van der Waals surface area (Å²) in [6.45, 7) is 0. The molecule has 1 aromatic carbocycles. The van der Waals surface area contributed by atoms with Gasteiger partial charge in [-0.1, -0.05) is 11.6 Å². The van der Waals surface area contributed by atoms with Gasteiger partial charge in [-0.25, -0.2) is 0 Å². The van der Waals surface area contributed by atoms with Crippen LogP contribution in [0, 0.1) is 0 Å². The Balaban J connectivity index is 2.52. The number of aryl methyl sites for hydroxylation is 1. The number of aromatic nitrogens is 2. The average molecular weight is 266 g/mol. The van der Waals surface area contributed by atoms with Crippen molar-refractivity contribution < 1.29 is 9.53 Å². The zero-order chi connectivity index (χ0) is 13.3. The fourth-order valence-electron chi connectivity index (χ4n) is 1.62. The first-order chi connectivity index (χ1) is 8.54. The van der Waals surface area contributed by atoms with Crippen LogP contribution < -0.4 is 10.5 Å². The number of nitrogen functional groups attached to an aromatic ring is 1. The van der Waals surface area contributed by atoms with Gasteiger partial charge in [-0.3, -0.25) is 9.48 Å². The van der Waals surface area contributed by atoms with Gasteiger partial charge in [0.15, 0.2) is 0 Å². The van der Waals surface area contributed by atoms with Crippen LogP contribution in [0.2, 0.25) is 5.02 Å². The van der Waals surface area contributed by atoms with Gasteiger partial charge in [0.2, 0.25) is 5.78 Å². The third kappa shape index (κ3) is 2.04. The molecule has 2 aromatic rings. The number of hydrogen-bond donors (Lipinski definition) is 1. The maximum atomic E-state index is 12.3. The second kappa shape index (κ2) is 4.70. The zero-order valence-electron chi connectivity index (χ0n) is 9.98. The lowest BCUT2D eigenvalue weighted by atomic mass is 10.0. The van der Waals surface area contributed by atoms with Crippen LogP contribution in [0.1, 0.15) is 15.9 Å². The van der Waals surface area contributed by atoms with E-state index >= 15 is 0 Å². The summed E-state index contributed by atoms with van der Waals surface area (Å²) in [5.74, 6) is 0.495. The molecule has 0 unspecified atom stereocenters. The molecule has 0 bridgehead atoms. The number of halogens is 1. The van der Waals surface area contributed by atoms with Crippen LogP contribution in [-0.4, -0.2) is 22.7 Å². The number of carbonyl (C=O) groups is 1. The molecule has 18 heavy (non-hydrogen) atoms. The van der Waals surface area contributed by atoms with Crippen molar-refractivity contribution in [2.75, 3.05) is 12.8 Å². The fourth-order valence-corrected chi connectivity index (χ4v) is 1.80. The highest BCUT2D eigenvalue weighted by atomic mass is 35.5. The summed E-state index contributed by atoms with van der Waals surface area (Å²) in [6, 6.07) is 4.85. The quantitative estimate of drug-likeness (QED) is 0.861. The van der Waals surface area contributed by atoms with Gasteiger partial charge in [-0.2, -0.15) is 5.10 Å². The predicted molar refractivity (Wildman–Crippen MR) is 69.1 cm³/mol. The Morgan fingerprint density at radius 3 is 2.72 bits per heavy atom. The standard InChI is InChI=1S/C12H12ClN3O2/c1-16-12(14)9(6-15-16)11(17)8-5-7(13)3-4-10(8)18-2/h3-6H,14H2,1-2H3. The minimum Gasteiger partial charge on any atom is -0.496 e. The Kier molecular flexibility index (Phi) is 3.25. The van der Waals surface area contributed by atoms with Crippen molar-refractivity contribution >= 4 is 23.2 Å². The summed E-state index contributed by atoms with van der Waals surface area (Å²) < 4.78 is 6.58. The largest absolute Gasteiger partial charge is 0.496 e. The van der Waals surface area contributed by atoms with E-state index in [1.165, 1.54) is 18.0 Å². The second-order valence-electron chi connectivity index (χ2n) is 3.74. The molecule has 0 aliphatic heterocycles. The number of ketones is 1. The van der Waals surface area contributed by atoms with Gasteiger partial charge in [0.1, 0.15) is 11.6 Å². The van der Waals surface area contributed by atoms with Gasteiger partial charge in [-0.15, -0.1) is 0 Å². The lowest BCUT2D eigenvalue weighted by Crippen LogP contribution is -2.07. The number of ether oxygens (including phenoxy) is 1. The number of carbonyl (C=O) groups excluding carboxylic acids is 1. The van der Waals surface area contributed by atoms with E-state index in [0.29, 0.717) is 27.7 Å². The summed E-state index contributed by atoms with van der Waals surface area (Å²) in [5, 5.41) is 4.40. The molecule has 6 heteroatoms. The van der Waals surface area contributed by atoms with E-state index in [4.69, 9.17) is 22.1 Å². The minimum absolute atomic E-state index is 0.264. The third-order valence-electron chi connectivity index (χ3n) is 2.64. The van der Waals surface area contributed by atoms with Crippen molar-refractivity contribution in [3.05, 3.63) is 40.5 Å². The van der Waals surface area contributed by atoms with Crippen LogP contribution in [0.15, 0.2) is 24.4 Å². The van der Waals surface area contributed by atoms with Gasteiger partial charge in [-0.05, 0) is 18.2 Å². The average Bonchev–Trinajstić information content (AvgIpc) is 2.69. The lowest BCUT2D eigenvalue weighted by Gasteiger charge is -2.07. The van der Waals surface area contributed by atoms with E-state index in [2.05, 4.69) is 5.10 Å². The smallest absolute Gasteiger partial charge is 0.202 e. The summed E-state index contributed by atoms with van der Waals surface area (Å²) in [7, 11) is 3.16. The molecule has 1 heterocycles. The molecule has 0 radical (unpaired) electrons. The highest BCUT2D eigenvalue weighted by molar-refractivity contribution is 6.31. The first kappa shape index (κ1) is 12.4. The second-order valence-corrected chi connectivity index (χ2v) is 4.18. The molecule has 0 saturated heterocycles. The van der Waals surface area contributed by atoms with Crippen molar-refractivity contribution in [3.8, 4) is 5.75 Å². The van der Waals surface area contributed by atoms with E-state index in [9.17, 15) is 4.79 Å². The third-order valence-corrected chi connectivity index (χ3v) is 2.87. The highest BCUT2D eigenvalue weighted by Crippen LogP contribution is 2.26. The highest BCUT2D eigenvalue weighted by Gasteiger charge is 2.19. The first-order valence-corrected chi connectivity index (χ1v) is 5.58. The maximum absolute atomic E-state index is 12.3. The SMILES string of the molecule is COc1ccc(Cl)cc1C(=O)c1cnn(C)c1N. The van der Waals surface area contributed by atoms with E-state index in [1.54, 1.807) is 25.2 Å². The number of hydrogen-bond acceptors (Lipinski definition) is 4. The van der Waals surface area contributed by atoms with Crippen molar-refractivity contribution in [3.63, 3.8) is 0 Å². The van der Waals surface area contributed by atoms with Gasteiger partial charge in [0, 0.05) is 12.1 Å². The Labute approximate surface area is 109 Å². The Hall–Kier alpha value is -2.01. The first-order valence-electron chi connectivity index (χ1n) is 5.20. The van der Waals surface area contributed by atoms with Crippen molar-refractivity contribution in [1.29, 1.82) is 0 Å². The molecular formula is C12H12ClN3O2.